The van der Waals surface area contributed by atoms with Crippen LogP contribution < -0.4 is 4.74 Å². The minimum Gasteiger partial charge on any atom is -0.481 e. The van der Waals surface area contributed by atoms with Crippen molar-refractivity contribution in [2.24, 2.45) is 0 Å². The highest BCUT2D eigenvalue weighted by Gasteiger charge is 2.17. The Labute approximate surface area is 130 Å². The van der Waals surface area contributed by atoms with E-state index in [2.05, 4.69) is 22.6 Å². The molecule has 1 atom stereocenters. The molecule has 4 heteroatoms. The van der Waals surface area contributed by atoms with Gasteiger partial charge in [0.1, 0.15) is 5.75 Å². The molecule has 0 fully saturated rings. The number of ketones is 1. The van der Waals surface area contributed by atoms with E-state index in [1.165, 1.54) is 0 Å². The Hall–Kier alpha value is -1.07. The Morgan fingerprint density at radius 1 is 1.16 bits per heavy atom. The fourth-order valence-electron chi connectivity index (χ4n) is 1.63. The summed E-state index contributed by atoms with van der Waals surface area (Å²) >= 11 is 7.99. The molecule has 2 rings (SSSR count). The van der Waals surface area contributed by atoms with Crippen LogP contribution in [-0.4, -0.2) is 11.9 Å². The number of rotatable bonds is 4. The Morgan fingerprint density at radius 2 is 1.79 bits per heavy atom. The second-order valence-electron chi connectivity index (χ2n) is 4.06. The second-order valence-corrected chi connectivity index (χ2v) is 5.66. The Morgan fingerprint density at radius 3 is 2.42 bits per heavy atom. The Balaban J connectivity index is 2.12. The highest BCUT2D eigenvalue weighted by Crippen LogP contribution is 2.22. The lowest BCUT2D eigenvalue weighted by Gasteiger charge is -2.14. The van der Waals surface area contributed by atoms with Crippen molar-refractivity contribution in [1.82, 2.24) is 0 Å². The van der Waals surface area contributed by atoms with E-state index in [4.69, 9.17) is 16.3 Å². The molecule has 0 saturated carbocycles. The van der Waals surface area contributed by atoms with Crippen LogP contribution >= 0.6 is 34.2 Å². The van der Waals surface area contributed by atoms with Gasteiger partial charge in [-0.2, -0.15) is 0 Å². The summed E-state index contributed by atoms with van der Waals surface area (Å²) in [5.41, 5.74) is 0.600. The van der Waals surface area contributed by atoms with Crippen LogP contribution in [0.3, 0.4) is 0 Å². The average Bonchev–Trinajstić information content (AvgIpc) is 2.41. The first-order valence-corrected chi connectivity index (χ1v) is 7.24. The highest BCUT2D eigenvalue weighted by atomic mass is 127. The average molecular weight is 387 g/mol. The van der Waals surface area contributed by atoms with Crippen molar-refractivity contribution in [2.45, 2.75) is 13.0 Å². The van der Waals surface area contributed by atoms with Gasteiger partial charge >= 0.3 is 0 Å². The smallest absolute Gasteiger partial charge is 0.202 e. The van der Waals surface area contributed by atoms with Crippen molar-refractivity contribution in [3.8, 4) is 5.75 Å². The third-order valence-corrected chi connectivity index (χ3v) is 3.78. The summed E-state index contributed by atoms with van der Waals surface area (Å²) in [6, 6.07) is 14.4. The number of hydrogen-bond donors (Lipinski definition) is 0. The molecular formula is C15H12ClIO2. The van der Waals surface area contributed by atoms with Crippen molar-refractivity contribution < 1.29 is 9.53 Å². The van der Waals surface area contributed by atoms with E-state index in [0.29, 0.717) is 10.6 Å². The highest BCUT2D eigenvalue weighted by molar-refractivity contribution is 14.1. The van der Waals surface area contributed by atoms with Crippen LogP contribution in [-0.2, 0) is 0 Å². The molecule has 0 N–H and O–H groups in total. The standard InChI is InChI=1S/C15H12ClIO2/c1-10(19-14-5-3-2-4-13(14)17)15(18)11-6-8-12(16)9-7-11/h2-10H,1H3. The minimum atomic E-state index is -0.530. The summed E-state index contributed by atoms with van der Waals surface area (Å²) in [6.45, 7) is 1.75. The molecule has 0 saturated heterocycles. The largest absolute Gasteiger partial charge is 0.481 e. The zero-order valence-corrected chi connectivity index (χ0v) is 13.2. The van der Waals surface area contributed by atoms with E-state index in [1.54, 1.807) is 31.2 Å². The van der Waals surface area contributed by atoms with E-state index in [9.17, 15) is 4.79 Å². The normalized spacial score (nSPS) is 11.9. The molecule has 0 spiro atoms. The van der Waals surface area contributed by atoms with Gasteiger partial charge in [0.25, 0.3) is 0 Å². The van der Waals surface area contributed by atoms with Crippen molar-refractivity contribution in [3.05, 3.63) is 62.7 Å². The molecule has 98 valence electrons. The summed E-state index contributed by atoms with van der Waals surface area (Å²) < 4.78 is 6.68. The van der Waals surface area contributed by atoms with Crippen molar-refractivity contribution in [1.29, 1.82) is 0 Å². The lowest BCUT2D eigenvalue weighted by molar-refractivity contribution is 0.0817. The van der Waals surface area contributed by atoms with Gasteiger partial charge in [-0.3, -0.25) is 4.79 Å². The van der Waals surface area contributed by atoms with Crippen LogP contribution in [0.5, 0.6) is 5.75 Å². The van der Waals surface area contributed by atoms with Crippen LogP contribution in [0.1, 0.15) is 17.3 Å². The maximum Gasteiger partial charge on any atom is 0.202 e. The van der Waals surface area contributed by atoms with E-state index in [1.807, 2.05) is 24.3 Å². The van der Waals surface area contributed by atoms with Crippen molar-refractivity contribution >= 4 is 40.0 Å². The summed E-state index contributed by atoms with van der Waals surface area (Å²) in [5, 5.41) is 0.614. The monoisotopic (exact) mass is 386 g/mol. The van der Waals surface area contributed by atoms with Crippen LogP contribution in [0.15, 0.2) is 48.5 Å². The summed E-state index contributed by atoms with van der Waals surface area (Å²) in [6.07, 6.45) is -0.530. The van der Waals surface area contributed by atoms with Gasteiger partial charge in [0.05, 0.1) is 3.57 Å². The van der Waals surface area contributed by atoms with Gasteiger partial charge in [-0.15, -0.1) is 0 Å². The first-order chi connectivity index (χ1) is 9.08. The zero-order chi connectivity index (χ0) is 13.8. The molecule has 0 aromatic heterocycles. The van der Waals surface area contributed by atoms with Gasteiger partial charge in [0.15, 0.2) is 6.10 Å². The number of carbonyl (C=O) groups is 1. The maximum atomic E-state index is 12.2. The molecule has 2 aromatic rings. The van der Waals surface area contributed by atoms with Crippen molar-refractivity contribution in [2.75, 3.05) is 0 Å². The summed E-state index contributed by atoms with van der Waals surface area (Å²) in [4.78, 5) is 12.2. The molecule has 0 bridgehead atoms. The van der Waals surface area contributed by atoms with Crippen LogP contribution in [0.4, 0.5) is 0 Å². The van der Waals surface area contributed by atoms with E-state index in [0.717, 1.165) is 9.32 Å². The molecule has 2 nitrogen and oxygen atoms in total. The van der Waals surface area contributed by atoms with Gasteiger partial charge in [-0.1, -0.05) is 23.7 Å². The molecule has 19 heavy (non-hydrogen) atoms. The Bertz CT molecular complexity index is 581. The number of hydrogen-bond acceptors (Lipinski definition) is 2. The molecule has 0 radical (unpaired) electrons. The predicted octanol–water partition coefficient (Wildman–Crippen LogP) is 4.59. The molecule has 1 unspecified atom stereocenters. The number of halogens is 2. The number of carbonyl (C=O) groups excluding carboxylic acids is 1. The summed E-state index contributed by atoms with van der Waals surface area (Å²) in [5.74, 6) is 0.661. The number of Topliss-reactive ketones (excluding diaryl/α,β-unsaturated/α-hetero) is 1. The zero-order valence-electron chi connectivity index (χ0n) is 10.3. The molecule has 0 amide bonds. The van der Waals surface area contributed by atoms with Gasteiger partial charge in [-0.05, 0) is 65.9 Å². The lowest BCUT2D eigenvalue weighted by Crippen LogP contribution is -2.24. The second kappa shape index (κ2) is 6.39. The molecule has 2 aromatic carbocycles. The van der Waals surface area contributed by atoms with Gasteiger partial charge in [0.2, 0.25) is 5.78 Å². The maximum absolute atomic E-state index is 12.2. The predicted molar refractivity (Wildman–Crippen MR) is 85.0 cm³/mol. The van der Waals surface area contributed by atoms with Crippen LogP contribution in [0.25, 0.3) is 0 Å². The van der Waals surface area contributed by atoms with Gasteiger partial charge < -0.3 is 4.74 Å². The van der Waals surface area contributed by atoms with E-state index < -0.39 is 6.10 Å². The lowest BCUT2D eigenvalue weighted by atomic mass is 10.1. The molecular weight excluding hydrogens is 375 g/mol. The number of benzene rings is 2. The molecule has 0 heterocycles. The molecule has 0 aliphatic rings. The van der Waals surface area contributed by atoms with E-state index >= 15 is 0 Å². The fraction of sp³-hybridized carbons (Fsp3) is 0.133. The number of para-hydroxylation sites is 1. The fourth-order valence-corrected chi connectivity index (χ4v) is 2.27. The van der Waals surface area contributed by atoms with Crippen LogP contribution in [0, 0.1) is 3.57 Å². The molecule has 0 aliphatic heterocycles. The number of ether oxygens (including phenoxy) is 1. The topological polar surface area (TPSA) is 26.3 Å². The third-order valence-electron chi connectivity index (χ3n) is 2.64. The van der Waals surface area contributed by atoms with Gasteiger partial charge in [0, 0.05) is 10.6 Å². The first-order valence-electron chi connectivity index (χ1n) is 5.79. The first kappa shape index (κ1) is 14.3. The minimum absolute atomic E-state index is 0.0590. The quantitative estimate of drug-likeness (QED) is 0.567. The third kappa shape index (κ3) is 3.70. The van der Waals surface area contributed by atoms with Crippen LogP contribution in [0.2, 0.25) is 5.02 Å². The Kier molecular flexibility index (Phi) is 4.82. The van der Waals surface area contributed by atoms with Crippen molar-refractivity contribution in [3.63, 3.8) is 0 Å². The van der Waals surface area contributed by atoms with E-state index in [-0.39, 0.29) is 5.78 Å². The SMILES string of the molecule is CC(Oc1ccccc1I)C(=O)c1ccc(Cl)cc1. The molecule has 0 aliphatic carbocycles. The van der Waals surface area contributed by atoms with Gasteiger partial charge in [-0.25, -0.2) is 0 Å². The summed E-state index contributed by atoms with van der Waals surface area (Å²) in [7, 11) is 0.